The maximum Gasteiger partial charge on any atom is 0.253 e. The number of halogens is 2. The number of nitrogens with two attached hydrogens (primary N) is 1. The number of hydrogen-bond acceptors (Lipinski definition) is 2. The van der Waals surface area contributed by atoms with E-state index >= 15 is 0 Å². The number of amides is 1. The van der Waals surface area contributed by atoms with Crippen LogP contribution in [0.15, 0.2) is 24.3 Å². The Labute approximate surface area is 91.9 Å². The molecule has 3 nitrogen and oxygen atoms in total. The Balaban J connectivity index is 2.91. The first kappa shape index (κ1) is 12.2. The second kappa shape index (κ2) is 4.74. The van der Waals surface area contributed by atoms with E-state index in [2.05, 4.69) is 11.9 Å². The Morgan fingerprint density at radius 3 is 2.56 bits per heavy atom. The maximum absolute atomic E-state index is 12.9. The number of carbonyl (C=O) groups is 1. The number of carbonyl (C=O) groups excluding carboxylic acids is 1. The highest BCUT2D eigenvalue weighted by molar-refractivity contribution is 5.99. The van der Waals surface area contributed by atoms with Crippen molar-refractivity contribution >= 4 is 11.6 Å². The third kappa shape index (κ3) is 2.79. The molecule has 1 aromatic carbocycles. The van der Waals surface area contributed by atoms with Gasteiger partial charge in [0.05, 0.1) is 5.56 Å². The molecule has 1 aromatic rings. The lowest BCUT2D eigenvalue weighted by Crippen LogP contribution is -2.26. The summed E-state index contributed by atoms with van der Waals surface area (Å²) in [6.45, 7) is 5.59. The number of benzene rings is 1. The van der Waals surface area contributed by atoms with Gasteiger partial charge in [-0.3, -0.25) is 4.79 Å². The molecular weight excluding hydrogens is 214 g/mol. The van der Waals surface area contributed by atoms with Gasteiger partial charge in [-0.25, -0.2) is 8.78 Å². The van der Waals surface area contributed by atoms with Crippen LogP contribution in [-0.4, -0.2) is 12.5 Å². The third-order valence-electron chi connectivity index (χ3n) is 1.89. The first-order valence-corrected chi connectivity index (χ1v) is 4.59. The molecule has 0 aliphatic heterocycles. The minimum Gasteiger partial charge on any atom is -0.398 e. The summed E-state index contributed by atoms with van der Waals surface area (Å²) in [5.41, 5.74) is 5.97. The Bertz CT molecular complexity index is 444. The van der Waals surface area contributed by atoms with Crippen molar-refractivity contribution in [1.29, 1.82) is 0 Å². The largest absolute Gasteiger partial charge is 0.398 e. The summed E-state index contributed by atoms with van der Waals surface area (Å²) in [6, 6.07) is 1.56. The summed E-state index contributed by atoms with van der Waals surface area (Å²) in [6.07, 6.45) is 0. The predicted octanol–water partition coefficient (Wildman–Crippen LogP) is 1.85. The third-order valence-corrected chi connectivity index (χ3v) is 1.89. The van der Waals surface area contributed by atoms with Gasteiger partial charge in [0.15, 0.2) is 11.6 Å². The smallest absolute Gasteiger partial charge is 0.253 e. The Morgan fingerprint density at radius 2 is 2.00 bits per heavy atom. The molecule has 0 spiro atoms. The van der Waals surface area contributed by atoms with E-state index in [9.17, 15) is 13.6 Å². The summed E-state index contributed by atoms with van der Waals surface area (Å²) >= 11 is 0. The topological polar surface area (TPSA) is 55.1 Å². The van der Waals surface area contributed by atoms with Crippen molar-refractivity contribution in [3.63, 3.8) is 0 Å². The van der Waals surface area contributed by atoms with Gasteiger partial charge < -0.3 is 11.1 Å². The molecule has 0 aliphatic carbocycles. The average Bonchev–Trinajstić information content (AvgIpc) is 2.20. The van der Waals surface area contributed by atoms with E-state index in [0.29, 0.717) is 0 Å². The van der Waals surface area contributed by atoms with E-state index in [1.165, 1.54) is 0 Å². The second-order valence-electron chi connectivity index (χ2n) is 3.49. The van der Waals surface area contributed by atoms with Crippen LogP contribution in [0.2, 0.25) is 0 Å². The Hall–Kier alpha value is -1.91. The Kier molecular flexibility index (Phi) is 3.60. The zero-order chi connectivity index (χ0) is 12.3. The summed E-state index contributed by atoms with van der Waals surface area (Å²) in [7, 11) is 0. The fourth-order valence-corrected chi connectivity index (χ4v) is 1.09. The summed E-state index contributed by atoms with van der Waals surface area (Å²) in [4.78, 5) is 11.5. The molecule has 0 saturated carbocycles. The van der Waals surface area contributed by atoms with Gasteiger partial charge in [-0.1, -0.05) is 12.2 Å². The lowest BCUT2D eigenvalue weighted by atomic mass is 10.1. The quantitative estimate of drug-likeness (QED) is 0.610. The summed E-state index contributed by atoms with van der Waals surface area (Å²) < 4.78 is 25.6. The van der Waals surface area contributed by atoms with Crippen LogP contribution in [0.3, 0.4) is 0 Å². The van der Waals surface area contributed by atoms with Gasteiger partial charge in [0.1, 0.15) is 0 Å². The number of nitrogen functional groups attached to an aromatic ring is 1. The molecule has 0 saturated heterocycles. The van der Waals surface area contributed by atoms with Crippen LogP contribution in [0.1, 0.15) is 17.3 Å². The van der Waals surface area contributed by atoms with E-state index < -0.39 is 17.5 Å². The van der Waals surface area contributed by atoms with Gasteiger partial charge in [0.2, 0.25) is 0 Å². The normalized spacial score (nSPS) is 9.94. The second-order valence-corrected chi connectivity index (χ2v) is 3.49. The highest BCUT2D eigenvalue weighted by atomic mass is 19.2. The first-order valence-electron chi connectivity index (χ1n) is 4.59. The zero-order valence-corrected chi connectivity index (χ0v) is 8.81. The van der Waals surface area contributed by atoms with Crippen molar-refractivity contribution in [2.45, 2.75) is 6.92 Å². The molecule has 0 radical (unpaired) electrons. The first-order chi connectivity index (χ1) is 7.41. The highest BCUT2D eigenvalue weighted by Crippen LogP contribution is 2.16. The minimum absolute atomic E-state index is 0.0832. The van der Waals surface area contributed by atoms with Crippen molar-refractivity contribution in [2.75, 3.05) is 12.3 Å². The van der Waals surface area contributed by atoms with Crippen molar-refractivity contribution in [2.24, 2.45) is 0 Å². The fourth-order valence-electron chi connectivity index (χ4n) is 1.09. The molecule has 0 atom stereocenters. The minimum atomic E-state index is -1.10. The van der Waals surface area contributed by atoms with E-state index in [4.69, 9.17) is 5.73 Å². The maximum atomic E-state index is 12.9. The van der Waals surface area contributed by atoms with Gasteiger partial charge in [-0.15, -0.1) is 0 Å². The van der Waals surface area contributed by atoms with Crippen molar-refractivity contribution in [3.8, 4) is 0 Å². The van der Waals surface area contributed by atoms with Gasteiger partial charge >= 0.3 is 0 Å². The fraction of sp³-hybridized carbons (Fsp3) is 0.182. The highest BCUT2D eigenvalue weighted by Gasteiger charge is 2.13. The van der Waals surface area contributed by atoms with E-state index in [1.54, 1.807) is 6.92 Å². The van der Waals surface area contributed by atoms with Crippen molar-refractivity contribution < 1.29 is 13.6 Å². The van der Waals surface area contributed by atoms with Gasteiger partial charge in [0, 0.05) is 18.3 Å². The molecule has 0 bridgehead atoms. The van der Waals surface area contributed by atoms with E-state index in [0.717, 1.165) is 17.7 Å². The molecule has 1 amide bonds. The Morgan fingerprint density at radius 1 is 1.44 bits per heavy atom. The lowest BCUT2D eigenvalue weighted by Gasteiger charge is -2.07. The van der Waals surface area contributed by atoms with E-state index in [-0.39, 0.29) is 17.8 Å². The SMILES string of the molecule is C=C(C)CNC(=O)c1cc(F)c(F)cc1N. The molecule has 0 fully saturated rings. The summed E-state index contributed by atoms with van der Waals surface area (Å²) in [5.74, 6) is -2.73. The monoisotopic (exact) mass is 226 g/mol. The predicted molar refractivity (Wildman–Crippen MR) is 57.9 cm³/mol. The van der Waals surface area contributed by atoms with Crippen molar-refractivity contribution in [1.82, 2.24) is 5.32 Å². The van der Waals surface area contributed by atoms with Crippen LogP contribution >= 0.6 is 0 Å². The molecule has 16 heavy (non-hydrogen) atoms. The molecule has 3 N–H and O–H groups in total. The van der Waals surface area contributed by atoms with Crippen LogP contribution in [0, 0.1) is 11.6 Å². The zero-order valence-electron chi connectivity index (χ0n) is 8.81. The van der Waals surface area contributed by atoms with E-state index in [1.807, 2.05) is 0 Å². The van der Waals surface area contributed by atoms with Gasteiger partial charge in [-0.2, -0.15) is 0 Å². The molecule has 0 unspecified atom stereocenters. The number of nitrogens with one attached hydrogen (secondary N) is 1. The molecule has 1 rings (SSSR count). The molecular formula is C11H12F2N2O. The van der Waals surface area contributed by atoms with Crippen LogP contribution in [-0.2, 0) is 0 Å². The van der Waals surface area contributed by atoms with Crippen LogP contribution in [0.5, 0.6) is 0 Å². The van der Waals surface area contributed by atoms with Gasteiger partial charge in [0.25, 0.3) is 5.91 Å². The average molecular weight is 226 g/mol. The summed E-state index contributed by atoms with van der Waals surface area (Å²) in [5, 5.41) is 2.48. The molecule has 86 valence electrons. The molecule has 5 heteroatoms. The number of rotatable bonds is 3. The molecule has 0 heterocycles. The van der Waals surface area contributed by atoms with Crippen LogP contribution in [0.4, 0.5) is 14.5 Å². The number of anilines is 1. The van der Waals surface area contributed by atoms with Crippen LogP contribution in [0.25, 0.3) is 0 Å². The van der Waals surface area contributed by atoms with Gasteiger partial charge in [-0.05, 0) is 13.0 Å². The van der Waals surface area contributed by atoms with Crippen LogP contribution < -0.4 is 11.1 Å². The lowest BCUT2D eigenvalue weighted by molar-refractivity contribution is 0.0957. The number of hydrogen-bond donors (Lipinski definition) is 2. The van der Waals surface area contributed by atoms with Crippen molar-refractivity contribution in [3.05, 3.63) is 41.5 Å². The molecule has 0 aromatic heterocycles. The standard InChI is InChI=1S/C11H12F2N2O/c1-6(2)5-15-11(16)7-3-8(12)9(13)4-10(7)14/h3-4H,1,5,14H2,2H3,(H,15,16). The molecule has 0 aliphatic rings.